The molecule has 1 aliphatic heterocycles. The monoisotopic (exact) mass is 618 g/mol. The van der Waals surface area contributed by atoms with Crippen molar-refractivity contribution in [2.75, 3.05) is 16.0 Å². The van der Waals surface area contributed by atoms with Crippen LogP contribution in [0.25, 0.3) is 28.2 Å². The number of fused-ring (bicyclic) bond motifs is 1. The first-order valence-electron chi connectivity index (χ1n) is 13.5. The second-order valence-corrected chi connectivity index (χ2v) is 11.1. The molecule has 2 amide bonds. The van der Waals surface area contributed by atoms with Crippen LogP contribution in [0.3, 0.4) is 0 Å². The highest BCUT2D eigenvalue weighted by Gasteiger charge is 2.32. The zero-order valence-electron chi connectivity index (χ0n) is 23.0. The summed E-state index contributed by atoms with van der Waals surface area (Å²) < 4.78 is 0. The van der Waals surface area contributed by atoms with Gasteiger partial charge >= 0.3 is 5.97 Å². The van der Waals surface area contributed by atoms with E-state index in [0.717, 1.165) is 17.3 Å². The van der Waals surface area contributed by atoms with E-state index in [2.05, 4.69) is 15.3 Å². The molecule has 0 aliphatic carbocycles. The first-order valence-corrected chi connectivity index (χ1v) is 14.8. The number of carboxylic acids is 1. The highest BCUT2D eigenvalue weighted by Crippen LogP contribution is 2.30. The Morgan fingerprint density at radius 2 is 1.61 bits per heavy atom. The Balaban J connectivity index is 1.17. The van der Waals surface area contributed by atoms with Gasteiger partial charge in [-0.15, -0.1) is 0 Å². The van der Waals surface area contributed by atoms with Crippen LogP contribution in [-0.4, -0.2) is 38.8 Å². The van der Waals surface area contributed by atoms with Gasteiger partial charge in [-0.25, -0.2) is 14.8 Å². The van der Waals surface area contributed by atoms with Gasteiger partial charge in [0.2, 0.25) is 5.91 Å². The van der Waals surface area contributed by atoms with Crippen LogP contribution >= 0.6 is 23.4 Å². The largest absolute Gasteiger partial charge is 0.478 e. The number of anilines is 2. The second kappa shape index (κ2) is 12.5. The number of nitrogens with one attached hydrogen (secondary N) is 1. The lowest BCUT2D eigenvalue weighted by atomic mass is 10.0. The number of thioether (sulfide) groups is 1. The third-order valence-corrected chi connectivity index (χ3v) is 7.95. The molecule has 0 spiro atoms. The lowest BCUT2D eigenvalue weighted by Gasteiger charge is -2.17. The summed E-state index contributed by atoms with van der Waals surface area (Å²) in [6, 6.07) is 31.9. The van der Waals surface area contributed by atoms with Gasteiger partial charge in [0.25, 0.3) is 5.91 Å². The smallest absolute Gasteiger partial charge is 0.336 e. The second-order valence-electron chi connectivity index (χ2n) is 9.74. The van der Waals surface area contributed by atoms with Crippen LogP contribution in [0.5, 0.6) is 0 Å². The van der Waals surface area contributed by atoms with Gasteiger partial charge in [0.1, 0.15) is 5.70 Å². The van der Waals surface area contributed by atoms with E-state index in [1.165, 1.54) is 4.90 Å². The number of carbonyl (C=O) groups excluding carboxylic acids is 2. The van der Waals surface area contributed by atoms with E-state index in [1.54, 1.807) is 78.9 Å². The molecular formula is C34H23ClN4O4S. The number of carbonyl (C=O) groups is 3. The maximum Gasteiger partial charge on any atom is 0.336 e. The Bertz CT molecular complexity index is 1960. The molecule has 4 aromatic carbocycles. The molecule has 10 heteroatoms. The van der Waals surface area contributed by atoms with E-state index in [0.29, 0.717) is 43.7 Å². The van der Waals surface area contributed by atoms with Crippen molar-refractivity contribution >= 4 is 74.7 Å². The van der Waals surface area contributed by atoms with Crippen molar-refractivity contribution < 1.29 is 19.5 Å². The molecule has 2 N–H and O–H groups in total. The molecule has 0 saturated carbocycles. The van der Waals surface area contributed by atoms with Crippen LogP contribution in [-0.2, 0) is 9.59 Å². The van der Waals surface area contributed by atoms with Crippen molar-refractivity contribution in [2.24, 2.45) is 4.99 Å². The molecule has 0 radical (unpaired) electrons. The van der Waals surface area contributed by atoms with Crippen LogP contribution < -0.4 is 10.2 Å². The number of halogens is 1. The molecule has 6 rings (SSSR count). The van der Waals surface area contributed by atoms with Gasteiger partial charge in [0.15, 0.2) is 5.17 Å². The molecule has 2 heterocycles. The van der Waals surface area contributed by atoms with E-state index >= 15 is 0 Å². The van der Waals surface area contributed by atoms with Gasteiger partial charge in [-0.3, -0.25) is 14.5 Å². The molecule has 1 aromatic heterocycles. The highest BCUT2D eigenvalue weighted by atomic mass is 35.5. The van der Waals surface area contributed by atoms with E-state index in [1.807, 2.05) is 36.4 Å². The third kappa shape index (κ3) is 6.24. The average Bonchev–Trinajstić information content (AvgIpc) is 3.35. The molecule has 8 nitrogen and oxygen atoms in total. The number of aromatic carboxylic acids is 1. The number of rotatable bonds is 7. The summed E-state index contributed by atoms with van der Waals surface area (Å²) in [6.07, 6.45) is 1.69. The van der Waals surface area contributed by atoms with Gasteiger partial charge in [0, 0.05) is 21.7 Å². The van der Waals surface area contributed by atoms with Crippen molar-refractivity contribution in [3.05, 3.63) is 131 Å². The number of para-hydroxylation sites is 2. The van der Waals surface area contributed by atoms with Crippen molar-refractivity contribution in [3.63, 3.8) is 0 Å². The quantitative estimate of drug-likeness (QED) is 0.184. The fourth-order valence-corrected chi connectivity index (χ4v) is 5.61. The van der Waals surface area contributed by atoms with Crippen LogP contribution in [0, 0.1) is 0 Å². The molecule has 0 bridgehead atoms. The first kappa shape index (κ1) is 28.9. The van der Waals surface area contributed by atoms with Crippen molar-refractivity contribution in [3.8, 4) is 11.3 Å². The summed E-state index contributed by atoms with van der Waals surface area (Å²) in [5.41, 5.74) is 4.22. The summed E-state index contributed by atoms with van der Waals surface area (Å²) in [4.78, 5) is 48.8. The van der Waals surface area contributed by atoms with Crippen LogP contribution in [0.4, 0.5) is 11.4 Å². The average molecular weight is 619 g/mol. The SMILES string of the molecule is O=C(CSC1=N/C(=C\c2ccc(Cl)cc2)C(=O)N1c1ccccc1)Nc1ccc(-c2cc(C(=O)O)c3ccccc3n2)cc1. The molecule has 1 aliphatic rings. The minimum Gasteiger partial charge on any atom is -0.478 e. The van der Waals surface area contributed by atoms with Gasteiger partial charge in [0.05, 0.1) is 28.2 Å². The number of aromatic nitrogens is 1. The van der Waals surface area contributed by atoms with E-state index in [-0.39, 0.29) is 28.8 Å². The predicted molar refractivity (Wildman–Crippen MR) is 176 cm³/mol. The summed E-state index contributed by atoms with van der Waals surface area (Å²) in [5.74, 6) is -1.59. The van der Waals surface area contributed by atoms with Crippen molar-refractivity contribution in [1.82, 2.24) is 4.98 Å². The van der Waals surface area contributed by atoms with Crippen LogP contribution in [0.15, 0.2) is 120 Å². The van der Waals surface area contributed by atoms with Gasteiger partial charge < -0.3 is 10.4 Å². The topological polar surface area (TPSA) is 112 Å². The number of hydrogen-bond donors (Lipinski definition) is 2. The van der Waals surface area contributed by atoms with Crippen molar-refractivity contribution in [2.45, 2.75) is 0 Å². The number of nitrogens with zero attached hydrogens (tertiary/aromatic N) is 3. The highest BCUT2D eigenvalue weighted by molar-refractivity contribution is 8.14. The lowest BCUT2D eigenvalue weighted by molar-refractivity contribution is -0.114. The molecule has 0 atom stereocenters. The number of amides is 2. The van der Waals surface area contributed by atoms with Gasteiger partial charge in [-0.2, -0.15) is 0 Å². The number of pyridine rings is 1. The van der Waals surface area contributed by atoms with Gasteiger partial charge in [-0.05, 0) is 60.2 Å². The van der Waals surface area contributed by atoms with E-state index in [4.69, 9.17) is 11.6 Å². The fraction of sp³-hybridized carbons (Fsp3) is 0.0294. The summed E-state index contributed by atoms with van der Waals surface area (Å²) in [7, 11) is 0. The molecule has 216 valence electrons. The summed E-state index contributed by atoms with van der Waals surface area (Å²) in [6.45, 7) is 0. The maximum atomic E-state index is 13.4. The molecule has 0 saturated heterocycles. The molecular weight excluding hydrogens is 596 g/mol. The number of hydrogen-bond acceptors (Lipinski definition) is 6. The predicted octanol–water partition coefficient (Wildman–Crippen LogP) is 7.37. The number of benzene rings is 4. The number of aliphatic imine (C=N–C) groups is 1. The Morgan fingerprint density at radius 1 is 0.909 bits per heavy atom. The zero-order valence-corrected chi connectivity index (χ0v) is 24.5. The van der Waals surface area contributed by atoms with E-state index < -0.39 is 5.97 Å². The molecule has 5 aromatic rings. The molecule has 0 unspecified atom stereocenters. The van der Waals surface area contributed by atoms with Crippen LogP contribution in [0.1, 0.15) is 15.9 Å². The standard InChI is InChI=1S/C34H23ClN4O4S/c35-23-14-10-21(11-15-23)18-30-32(41)39(25-6-2-1-3-7-25)34(38-30)44-20-31(40)36-24-16-12-22(13-17-24)29-19-27(33(42)43)26-8-4-5-9-28(26)37-29/h1-19H,20H2,(H,36,40)(H,42,43)/b30-18-. The lowest BCUT2D eigenvalue weighted by Crippen LogP contribution is -2.31. The Kier molecular flexibility index (Phi) is 8.23. The summed E-state index contributed by atoms with van der Waals surface area (Å²) >= 11 is 7.15. The first-order chi connectivity index (χ1) is 21.4. The Morgan fingerprint density at radius 3 is 2.34 bits per heavy atom. The van der Waals surface area contributed by atoms with Crippen LogP contribution in [0.2, 0.25) is 5.02 Å². The number of carboxylic acid groups (broad SMARTS) is 1. The van der Waals surface area contributed by atoms with Crippen molar-refractivity contribution in [1.29, 1.82) is 0 Å². The zero-order chi connectivity index (χ0) is 30.6. The Labute approximate surface area is 261 Å². The minimum absolute atomic E-state index is 0.0135. The Hall–Kier alpha value is -5.25. The fourth-order valence-electron chi connectivity index (χ4n) is 4.67. The minimum atomic E-state index is -1.03. The van der Waals surface area contributed by atoms with Gasteiger partial charge in [-0.1, -0.05) is 84.0 Å². The third-order valence-electron chi connectivity index (χ3n) is 6.76. The van der Waals surface area contributed by atoms with E-state index in [9.17, 15) is 19.5 Å². The number of amidine groups is 1. The maximum absolute atomic E-state index is 13.4. The molecule has 44 heavy (non-hydrogen) atoms. The summed E-state index contributed by atoms with van der Waals surface area (Å²) in [5, 5.41) is 14.1. The molecule has 0 fully saturated rings. The normalized spacial score (nSPS) is 13.8.